The standard InChI is InChI=1S/C13H30N3.C2H4O2/c1-7-14-13(15(8-2)9-3)16(10-4,11-5)12-6;1-2(3)4/h7-12H2,1-6H3;1H3,(H,3,4)/q+1;/p-1. The quantitative estimate of drug-likeness (QED) is 0.421. The van der Waals surface area contributed by atoms with Crippen LogP contribution in [-0.4, -0.2) is 60.6 Å². The zero-order valence-electron chi connectivity index (χ0n) is 14.4. The van der Waals surface area contributed by atoms with Crippen LogP contribution in [0.5, 0.6) is 0 Å². The summed E-state index contributed by atoms with van der Waals surface area (Å²) in [6.07, 6.45) is 0. The molecule has 0 unspecified atom stereocenters. The largest absolute Gasteiger partial charge is 0.550 e. The molecule has 0 aliphatic rings. The summed E-state index contributed by atoms with van der Waals surface area (Å²) in [4.78, 5) is 16.1. The molecule has 0 N–H and O–H groups in total. The van der Waals surface area contributed by atoms with Crippen molar-refractivity contribution in [2.24, 2.45) is 4.99 Å². The van der Waals surface area contributed by atoms with Crippen molar-refractivity contribution in [3.8, 4) is 0 Å². The van der Waals surface area contributed by atoms with E-state index in [4.69, 9.17) is 14.9 Å². The van der Waals surface area contributed by atoms with Crippen molar-refractivity contribution in [1.29, 1.82) is 0 Å². The van der Waals surface area contributed by atoms with Crippen molar-refractivity contribution in [1.82, 2.24) is 4.90 Å². The number of carboxylic acids is 1. The topological polar surface area (TPSA) is 55.7 Å². The van der Waals surface area contributed by atoms with Gasteiger partial charge in [-0.25, -0.2) is 4.99 Å². The summed E-state index contributed by atoms with van der Waals surface area (Å²) >= 11 is 0. The van der Waals surface area contributed by atoms with Crippen LogP contribution >= 0.6 is 0 Å². The van der Waals surface area contributed by atoms with Crippen molar-refractivity contribution in [3.05, 3.63) is 0 Å². The highest BCUT2D eigenvalue weighted by Gasteiger charge is 2.32. The molecule has 0 aromatic heterocycles. The molecule has 0 aliphatic heterocycles. The van der Waals surface area contributed by atoms with Crippen LogP contribution in [-0.2, 0) is 4.79 Å². The summed E-state index contributed by atoms with van der Waals surface area (Å²) in [5.41, 5.74) is 0. The van der Waals surface area contributed by atoms with Gasteiger partial charge in [0.25, 0.3) is 5.96 Å². The second-order valence-electron chi connectivity index (χ2n) is 4.53. The van der Waals surface area contributed by atoms with Crippen LogP contribution in [0.15, 0.2) is 4.99 Å². The molecule has 0 spiro atoms. The van der Waals surface area contributed by atoms with Gasteiger partial charge in [0, 0.05) is 25.6 Å². The maximum atomic E-state index is 8.89. The number of carboxylic acid groups (broad SMARTS) is 1. The third-order valence-corrected chi connectivity index (χ3v) is 3.59. The Morgan fingerprint density at radius 1 is 1.00 bits per heavy atom. The lowest BCUT2D eigenvalue weighted by atomic mass is 10.3. The first-order chi connectivity index (χ1) is 9.38. The summed E-state index contributed by atoms with van der Waals surface area (Å²) in [6.45, 7) is 20.7. The van der Waals surface area contributed by atoms with E-state index in [9.17, 15) is 0 Å². The van der Waals surface area contributed by atoms with Crippen LogP contribution in [0, 0.1) is 0 Å². The molecule has 0 aromatic carbocycles. The van der Waals surface area contributed by atoms with Gasteiger partial charge in [0.1, 0.15) is 0 Å². The number of nitrogens with zero attached hydrogens (tertiary/aromatic N) is 3. The number of rotatable bonds is 6. The fourth-order valence-electron chi connectivity index (χ4n) is 2.29. The van der Waals surface area contributed by atoms with Crippen molar-refractivity contribution in [2.45, 2.75) is 48.5 Å². The van der Waals surface area contributed by atoms with Crippen molar-refractivity contribution in [2.75, 3.05) is 39.3 Å². The first-order valence-corrected chi connectivity index (χ1v) is 7.72. The third-order valence-electron chi connectivity index (χ3n) is 3.59. The lowest BCUT2D eigenvalue weighted by molar-refractivity contribution is -0.841. The van der Waals surface area contributed by atoms with Gasteiger partial charge < -0.3 is 14.8 Å². The van der Waals surface area contributed by atoms with Gasteiger partial charge in [0.05, 0.1) is 19.6 Å². The van der Waals surface area contributed by atoms with Crippen molar-refractivity contribution in [3.63, 3.8) is 0 Å². The minimum absolute atomic E-state index is 0.881. The maximum Gasteiger partial charge on any atom is 0.300 e. The van der Waals surface area contributed by atoms with Crippen LogP contribution in [0.1, 0.15) is 48.5 Å². The van der Waals surface area contributed by atoms with E-state index >= 15 is 0 Å². The molecule has 5 nitrogen and oxygen atoms in total. The number of aliphatic carboxylic acids is 1. The minimum Gasteiger partial charge on any atom is -0.550 e. The van der Waals surface area contributed by atoms with E-state index in [-0.39, 0.29) is 0 Å². The molecule has 0 fully saturated rings. The highest BCUT2D eigenvalue weighted by atomic mass is 16.4. The fourth-order valence-corrected chi connectivity index (χ4v) is 2.29. The van der Waals surface area contributed by atoms with E-state index in [1.807, 2.05) is 0 Å². The molecule has 0 aromatic rings. The van der Waals surface area contributed by atoms with Crippen molar-refractivity contribution < 1.29 is 14.4 Å². The highest BCUT2D eigenvalue weighted by molar-refractivity contribution is 5.73. The molecule has 0 saturated carbocycles. The van der Waals surface area contributed by atoms with E-state index in [0.717, 1.165) is 50.7 Å². The second kappa shape index (κ2) is 11.7. The Bertz CT molecular complexity index is 271. The Morgan fingerprint density at radius 2 is 1.35 bits per heavy atom. The van der Waals surface area contributed by atoms with E-state index in [0.29, 0.717) is 0 Å². The summed E-state index contributed by atoms with van der Waals surface area (Å²) in [5, 5.41) is 8.89. The van der Waals surface area contributed by atoms with Crippen molar-refractivity contribution >= 4 is 11.9 Å². The molecule has 20 heavy (non-hydrogen) atoms. The van der Waals surface area contributed by atoms with Gasteiger partial charge in [-0.1, -0.05) is 0 Å². The average Bonchev–Trinajstić information content (AvgIpc) is 2.42. The molecule has 120 valence electrons. The van der Waals surface area contributed by atoms with Gasteiger partial charge in [0.2, 0.25) is 0 Å². The Hall–Kier alpha value is -1.10. The molecule has 0 atom stereocenters. The molecule has 0 radical (unpaired) electrons. The van der Waals surface area contributed by atoms with Gasteiger partial charge in [-0.05, 0) is 48.5 Å². The lowest BCUT2D eigenvalue weighted by Crippen LogP contribution is -2.59. The average molecular weight is 287 g/mol. The predicted molar refractivity (Wildman–Crippen MR) is 83.5 cm³/mol. The van der Waals surface area contributed by atoms with Gasteiger partial charge >= 0.3 is 0 Å². The summed E-state index contributed by atoms with van der Waals surface area (Å²) in [6, 6.07) is 0. The molecule has 0 aliphatic carbocycles. The lowest BCUT2D eigenvalue weighted by Gasteiger charge is -2.39. The Morgan fingerprint density at radius 3 is 1.55 bits per heavy atom. The fraction of sp³-hybridized carbons (Fsp3) is 0.867. The molecular weight excluding hydrogens is 254 g/mol. The molecule has 0 rings (SSSR count). The molecular formula is C15H33N3O2. The number of carbonyl (C=O) groups excluding carboxylic acids is 1. The van der Waals surface area contributed by atoms with E-state index in [1.54, 1.807) is 0 Å². The van der Waals surface area contributed by atoms with Gasteiger partial charge in [-0.15, -0.1) is 0 Å². The normalized spacial score (nSPS) is 11.7. The minimum atomic E-state index is -1.08. The predicted octanol–water partition coefficient (Wildman–Crippen LogP) is 1.34. The number of hydrogen-bond donors (Lipinski definition) is 0. The van der Waals surface area contributed by atoms with Gasteiger partial charge in [-0.3, -0.25) is 4.48 Å². The van der Waals surface area contributed by atoms with Crippen LogP contribution in [0.2, 0.25) is 0 Å². The van der Waals surface area contributed by atoms with Crippen LogP contribution in [0.3, 0.4) is 0 Å². The summed E-state index contributed by atoms with van der Waals surface area (Å²) in [5.74, 6) is 0.194. The molecule has 5 heteroatoms. The zero-order valence-corrected chi connectivity index (χ0v) is 14.4. The SMILES string of the molecule is CC(=O)[O-].CCN=C(N(CC)CC)[N+](CC)(CC)CC. The van der Waals surface area contributed by atoms with Crippen LogP contribution in [0.25, 0.3) is 0 Å². The van der Waals surface area contributed by atoms with E-state index < -0.39 is 5.97 Å². The number of guanidine groups is 1. The van der Waals surface area contributed by atoms with E-state index in [1.165, 1.54) is 5.96 Å². The summed E-state index contributed by atoms with van der Waals surface area (Å²) in [7, 11) is 0. The van der Waals surface area contributed by atoms with Crippen LogP contribution in [0.4, 0.5) is 0 Å². The Labute approximate surface area is 124 Å². The first-order valence-electron chi connectivity index (χ1n) is 7.72. The Kier molecular flexibility index (Phi) is 12.4. The monoisotopic (exact) mass is 287 g/mol. The molecule has 0 saturated heterocycles. The summed E-state index contributed by atoms with van der Waals surface area (Å²) < 4.78 is 1.01. The third kappa shape index (κ3) is 6.89. The van der Waals surface area contributed by atoms with Gasteiger partial charge in [-0.2, -0.15) is 0 Å². The highest BCUT2D eigenvalue weighted by Crippen LogP contribution is 2.12. The second-order valence-corrected chi connectivity index (χ2v) is 4.53. The maximum absolute atomic E-state index is 8.89. The number of quaternary nitrogens is 1. The molecule has 0 bridgehead atoms. The first kappa shape index (κ1) is 21.2. The zero-order chi connectivity index (χ0) is 16.2. The number of aliphatic imine (C=N–C) groups is 1. The van der Waals surface area contributed by atoms with Gasteiger partial charge in [0.15, 0.2) is 0 Å². The smallest absolute Gasteiger partial charge is 0.300 e. The Balaban J connectivity index is 0. The van der Waals surface area contributed by atoms with Crippen LogP contribution < -0.4 is 5.11 Å². The number of carbonyl (C=O) groups is 1. The van der Waals surface area contributed by atoms with E-state index in [2.05, 4.69) is 46.4 Å². The molecule has 0 amide bonds. The number of hydrogen-bond acceptors (Lipinski definition) is 3. The molecule has 0 heterocycles.